The molecule has 0 saturated heterocycles. The van der Waals surface area contributed by atoms with Gasteiger partial charge < -0.3 is 0 Å². The molecule has 13 rings (SSSR count). The number of rotatable bonds is 4. The van der Waals surface area contributed by atoms with Crippen LogP contribution in [0.5, 0.6) is 0 Å². The van der Waals surface area contributed by atoms with Crippen molar-refractivity contribution < 1.29 is 0 Å². The summed E-state index contributed by atoms with van der Waals surface area (Å²) in [5.41, 5.74) is 18.2. The van der Waals surface area contributed by atoms with Gasteiger partial charge in [0, 0.05) is 5.41 Å². The summed E-state index contributed by atoms with van der Waals surface area (Å²) >= 11 is 0. The lowest BCUT2D eigenvalue weighted by molar-refractivity contribution is 0.661. The Morgan fingerprint density at radius 2 is 0.590 bits per heavy atom. The van der Waals surface area contributed by atoms with Crippen LogP contribution in [0.3, 0.4) is 0 Å². The van der Waals surface area contributed by atoms with Gasteiger partial charge in [0.25, 0.3) is 0 Å². The van der Waals surface area contributed by atoms with Gasteiger partial charge >= 0.3 is 0 Å². The van der Waals surface area contributed by atoms with E-state index in [1.807, 2.05) is 0 Å². The van der Waals surface area contributed by atoms with Crippen molar-refractivity contribution in [2.75, 3.05) is 0 Å². The van der Waals surface area contributed by atoms with Crippen LogP contribution in [0.1, 0.15) is 36.1 Å². The Morgan fingerprint density at radius 1 is 0.279 bits per heavy atom. The summed E-state index contributed by atoms with van der Waals surface area (Å²) < 4.78 is 0. The van der Waals surface area contributed by atoms with E-state index in [4.69, 9.17) is 0 Å². The summed E-state index contributed by atoms with van der Waals surface area (Å²) in [7, 11) is 0. The molecule has 12 aromatic carbocycles. The Kier molecular flexibility index (Phi) is 7.02. The topological polar surface area (TPSA) is 0 Å². The first-order chi connectivity index (χ1) is 29.8. The van der Waals surface area contributed by atoms with Gasteiger partial charge in [0.2, 0.25) is 0 Å². The smallest absolute Gasteiger partial charge is 0.0159 e. The number of hydrogen-bond donors (Lipinski definition) is 0. The molecule has 0 unspecified atom stereocenters. The van der Waals surface area contributed by atoms with Gasteiger partial charge in [-0.2, -0.15) is 0 Å². The highest BCUT2D eigenvalue weighted by molar-refractivity contribution is 6.26. The molecule has 0 heteroatoms. The van der Waals surface area contributed by atoms with Gasteiger partial charge in [0.05, 0.1) is 0 Å². The van der Waals surface area contributed by atoms with Crippen LogP contribution in [0, 0.1) is 13.8 Å². The molecule has 0 fully saturated rings. The zero-order valence-corrected chi connectivity index (χ0v) is 34.8. The Hall–Kier alpha value is -7.28. The third kappa shape index (κ3) is 4.88. The van der Waals surface area contributed by atoms with Gasteiger partial charge in [-0.1, -0.05) is 184 Å². The molecule has 0 N–H and O–H groups in total. The molecule has 286 valence electrons. The molecule has 0 nitrogen and oxygen atoms in total. The lowest BCUT2D eigenvalue weighted by atomic mass is 9.80. The fourth-order valence-corrected chi connectivity index (χ4v) is 11.3. The first kappa shape index (κ1) is 34.6. The van der Waals surface area contributed by atoms with E-state index >= 15 is 0 Å². The van der Waals surface area contributed by atoms with Crippen molar-refractivity contribution in [1.29, 1.82) is 0 Å². The Balaban J connectivity index is 0.834. The van der Waals surface area contributed by atoms with Crippen molar-refractivity contribution in [3.8, 4) is 55.6 Å². The van der Waals surface area contributed by atoms with Crippen LogP contribution in [0.25, 0.3) is 120 Å². The summed E-state index contributed by atoms with van der Waals surface area (Å²) in [6.07, 6.45) is 0. The van der Waals surface area contributed by atoms with Crippen LogP contribution < -0.4 is 0 Å². The molecule has 0 aliphatic heterocycles. The lowest BCUT2D eigenvalue weighted by Gasteiger charge is -2.23. The molecule has 12 aromatic rings. The molecule has 0 amide bonds. The van der Waals surface area contributed by atoms with Crippen LogP contribution >= 0.6 is 0 Å². The van der Waals surface area contributed by atoms with E-state index in [9.17, 15) is 0 Å². The highest BCUT2D eigenvalue weighted by Crippen LogP contribution is 2.51. The van der Waals surface area contributed by atoms with Crippen molar-refractivity contribution in [1.82, 2.24) is 0 Å². The minimum absolute atomic E-state index is 0.135. The molecule has 0 spiro atoms. The number of fused-ring (bicyclic) bond motifs is 3. The first-order valence-corrected chi connectivity index (χ1v) is 21.7. The van der Waals surface area contributed by atoms with Crippen molar-refractivity contribution in [2.45, 2.75) is 33.1 Å². The van der Waals surface area contributed by atoms with Gasteiger partial charge in [-0.05, 0) is 169 Å². The Morgan fingerprint density at radius 3 is 0.984 bits per heavy atom. The van der Waals surface area contributed by atoms with Crippen LogP contribution in [0.15, 0.2) is 182 Å². The van der Waals surface area contributed by atoms with Gasteiger partial charge in [-0.15, -0.1) is 0 Å². The third-order valence-electron chi connectivity index (χ3n) is 14.4. The quantitative estimate of drug-likeness (QED) is 0.156. The summed E-state index contributed by atoms with van der Waals surface area (Å²) in [6, 6.07) is 69.1. The van der Waals surface area contributed by atoms with E-state index in [1.165, 1.54) is 143 Å². The zero-order chi connectivity index (χ0) is 40.7. The normalized spacial score (nSPS) is 13.4. The van der Waals surface area contributed by atoms with Gasteiger partial charge in [0.1, 0.15) is 0 Å². The van der Waals surface area contributed by atoms with E-state index in [0.29, 0.717) is 0 Å². The molecular formula is C61H42. The van der Waals surface area contributed by atoms with Gasteiger partial charge in [0.15, 0.2) is 0 Å². The minimum atomic E-state index is -0.135. The SMILES string of the molecule is Cc1cc(-c2ccc3c(c2)C(C)(C)c2cc(-c4ccc(-c5ccc6ccc7cccc8ccc5c6c78)c(C)c4)ccc2-3)ccc1-c1ccc2ccc3cccc4ccc1c2c34. The second-order valence-corrected chi connectivity index (χ2v) is 18.1. The van der Waals surface area contributed by atoms with E-state index in [1.54, 1.807) is 0 Å². The average molecular weight is 775 g/mol. The van der Waals surface area contributed by atoms with Crippen LogP contribution in [-0.2, 0) is 5.41 Å². The molecule has 0 aromatic heterocycles. The number of benzene rings is 12. The van der Waals surface area contributed by atoms with Gasteiger partial charge in [-0.3, -0.25) is 0 Å². The fourth-order valence-electron chi connectivity index (χ4n) is 11.3. The molecule has 1 aliphatic carbocycles. The fraction of sp³-hybridized carbons (Fsp3) is 0.0820. The summed E-state index contributed by atoms with van der Waals surface area (Å²) in [5.74, 6) is 0. The van der Waals surface area contributed by atoms with Crippen LogP contribution in [-0.4, -0.2) is 0 Å². The number of aryl methyl sites for hydroxylation is 2. The predicted molar refractivity (Wildman–Crippen MR) is 263 cm³/mol. The lowest BCUT2D eigenvalue weighted by Crippen LogP contribution is -2.15. The van der Waals surface area contributed by atoms with Crippen LogP contribution in [0.2, 0.25) is 0 Å². The summed E-state index contributed by atoms with van der Waals surface area (Å²) in [6.45, 7) is 9.34. The highest BCUT2D eigenvalue weighted by Gasteiger charge is 2.36. The van der Waals surface area contributed by atoms with Crippen molar-refractivity contribution >= 4 is 64.6 Å². The predicted octanol–water partition coefficient (Wildman–Crippen LogP) is 17.1. The summed E-state index contributed by atoms with van der Waals surface area (Å²) in [5, 5.41) is 15.9. The number of hydrogen-bond acceptors (Lipinski definition) is 0. The summed E-state index contributed by atoms with van der Waals surface area (Å²) in [4.78, 5) is 0. The molecule has 0 atom stereocenters. The van der Waals surface area contributed by atoms with E-state index < -0.39 is 0 Å². The third-order valence-corrected chi connectivity index (χ3v) is 14.4. The second kappa shape index (κ2) is 12.4. The van der Waals surface area contributed by atoms with E-state index in [2.05, 4.69) is 210 Å². The van der Waals surface area contributed by atoms with Crippen LogP contribution in [0.4, 0.5) is 0 Å². The van der Waals surface area contributed by atoms with Crippen molar-refractivity contribution in [2.24, 2.45) is 0 Å². The standard InChI is InChI=1S/C61H42/c1-35-31-43(19-23-47(35)49-25-15-41-13-11-37-7-5-9-39-17-29-53(49)59(41)57(37)39)45-21-27-51-52-28-22-46(34-56(52)61(3,4)55(51)33-45)44-20-24-48(36(2)32-44)50-26-16-42-14-12-38-8-6-10-40-18-30-54(50)60(42)58(38)40/h5-34H,1-4H3. The Bertz CT molecular complexity index is 3520. The largest absolute Gasteiger partial charge is 0.0610 e. The highest BCUT2D eigenvalue weighted by atomic mass is 14.4. The maximum atomic E-state index is 2.45. The van der Waals surface area contributed by atoms with Gasteiger partial charge in [-0.25, -0.2) is 0 Å². The molecule has 1 aliphatic rings. The average Bonchev–Trinajstić information content (AvgIpc) is 3.52. The Labute approximate surface area is 356 Å². The second-order valence-electron chi connectivity index (χ2n) is 18.1. The maximum Gasteiger partial charge on any atom is 0.0159 e. The molecule has 0 saturated carbocycles. The molecule has 0 bridgehead atoms. The first-order valence-electron chi connectivity index (χ1n) is 21.7. The molecule has 0 radical (unpaired) electrons. The molecule has 0 heterocycles. The molecular weight excluding hydrogens is 733 g/mol. The monoisotopic (exact) mass is 774 g/mol. The maximum absolute atomic E-state index is 2.45. The minimum Gasteiger partial charge on any atom is -0.0610 e. The van der Waals surface area contributed by atoms with E-state index in [0.717, 1.165) is 0 Å². The molecule has 61 heavy (non-hydrogen) atoms. The van der Waals surface area contributed by atoms with Crippen molar-refractivity contribution in [3.05, 3.63) is 204 Å². The van der Waals surface area contributed by atoms with Crippen molar-refractivity contribution in [3.63, 3.8) is 0 Å². The van der Waals surface area contributed by atoms with E-state index in [-0.39, 0.29) is 5.41 Å². The zero-order valence-electron chi connectivity index (χ0n) is 34.8.